The minimum Gasteiger partial charge on any atom is -0.382 e. The van der Waals surface area contributed by atoms with E-state index in [0.29, 0.717) is 18.4 Å². The van der Waals surface area contributed by atoms with E-state index in [-0.39, 0.29) is 5.78 Å². The molecular formula is C19H28O2. The summed E-state index contributed by atoms with van der Waals surface area (Å²) >= 11 is 0. The summed E-state index contributed by atoms with van der Waals surface area (Å²) in [5.41, 5.74) is -0.507. The van der Waals surface area contributed by atoms with Crippen LogP contribution in [0.25, 0.3) is 0 Å². The zero-order chi connectivity index (χ0) is 15.0. The molecule has 1 fully saturated rings. The van der Waals surface area contributed by atoms with E-state index in [1.165, 1.54) is 32.1 Å². The molecule has 2 heteroatoms. The quantitative estimate of drug-likeness (QED) is 0.785. The van der Waals surface area contributed by atoms with Crippen molar-refractivity contribution >= 4 is 5.78 Å². The minimum absolute atomic E-state index is 0.0832. The molecule has 1 saturated carbocycles. The monoisotopic (exact) mass is 288 g/mol. The number of hydrogen-bond acceptors (Lipinski definition) is 2. The van der Waals surface area contributed by atoms with E-state index in [9.17, 15) is 9.90 Å². The van der Waals surface area contributed by atoms with Crippen LogP contribution in [-0.4, -0.2) is 16.5 Å². The van der Waals surface area contributed by atoms with E-state index < -0.39 is 5.60 Å². The van der Waals surface area contributed by atoms with Crippen molar-refractivity contribution in [3.8, 4) is 0 Å². The molecule has 0 spiro atoms. The number of Topliss-reactive ketones (excluding diaryl/α,β-unsaturated/α-hetero) is 1. The lowest BCUT2D eigenvalue weighted by atomic mass is 9.83. The van der Waals surface area contributed by atoms with Crippen LogP contribution in [0.1, 0.15) is 81.0 Å². The highest BCUT2D eigenvalue weighted by Gasteiger charge is 2.35. The average molecular weight is 288 g/mol. The molecule has 1 aliphatic rings. The van der Waals surface area contributed by atoms with Crippen LogP contribution in [0.2, 0.25) is 0 Å². The maximum Gasteiger partial charge on any atom is 0.194 e. The minimum atomic E-state index is -1.15. The van der Waals surface area contributed by atoms with Gasteiger partial charge in [-0.3, -0.25) is 4.79 Å². The van der Waals surface area contributed by atoms with Gasteiger partial charge in [0, 0.05) is 5.56 Å². The fourth-order valence-corrected chi connectivity index (χ4v) is 3.28. The summed E-state index contributed by atoms with van der Waals surface area (Å²) in [6, 6.07) is 9.27. The number of benzene rings is 1. The maximum atomic E-state index is 12.7. The lowest BCUT2D eigenvalue weighted by Crippen LogP contribution is -2.38. The van der Waals surface area contributed by atoms with Crippen LogP contribution in [0.4, 0.5) is 0 Å². The first-order chi connectivity index (χ1) is 10.2. The molecule has 116 valence electrons. The van der Waals surface area contributed by atoms with Crippen LogP contribution < -0.4 is 0 Å². The van der Waals surface area contributed by atoms with Gasteiger partial charge in [-0.05, 0) is 12.8 Å². The number of carbonyl (C=O) groups excluding carboxylic acids is 1. The predicted octanol–water partition coefficient (Wildman–Crippen LogP) is 4.91. The van der Waals surface area contributed by atoms with Gasteiger partial charge in [0.05, 0.1) is 0 Å². The first-order valence-corrected chi connectivity index (χ1v) is 8.55. The third-order valence-corrected chi connectivity index (χ3v) is 4.64. The maximum absolute atomic E-state index is 12.7. The van der Waals surface area contributed by atoms with E-state index in [4.69, 9.17) is 0 Å². The van der Waals surface area contributed by atoms with Gasteiger partial charge >= 0.3 is 0 Å². The van der Waals surface area contributed by atoms with Crippen molar-refractivity contribution in [2.45, 2.75) is 76.2 Å². The molecule has 0 aliphatic heterocycles. The van der Waals surface area contributed by atoms with E-state index in [1.807, 2.05) is 30.3 Å². The Morgan fingerprint density at radius 2 is 1.19 bits per heavy atom. The average Bonchev–Trinajstić information content (AvgIpc) is 2.51. The van der Waals surface area contributed by atoms with Gasteiger partial charge in [-0.1, -0.05) is 88.1 Å². The SMILES string of the molecule is O=C(c1ccccc1)C1(O)CCCCCCCCCCC1. The number of rotatable bonds is 2. The third kappa shape index (κ3) is 4.96. The molecule has 0 aromatic heterocycles. The Bertz CT molecular complexity index is 412. The molecule has 0 saturated heterocycles. The van der Waals surface area contributed by atoms with Crippen LogP contribution in [0, 0.1) is 0 Å². The second-order valence-corrected chi connectivity index (χ2v) is 6.41. The van der Waals surface area contributed by atoms with Gasteiger partial charge < -0.3 is 5.11 Å². The van der Waals surface area contributed by atoms with E-state index in [2.05, 4.69) is 0 Å². The Labute approximate surface area is 128 Å². The smallest absolute Gasteiger partial charge is 0.194 e. The zero-order valence-electron chi connectivity index (χ0n) is 13.0. The van der Waals surface area contributed by atoms with Crippen molar-refractivity contribution in [1.29, 1.82) is 0 Å². The summed E-state index contributed by atoms with van der Waals surface area (Å²) < 4.78 is 0. The molecule has 0 unspecified atom stereocenters. The van der Waals surface area contributed by atoms with Crippen molar-refractivity contribution in [2.24, 2.45) is 0 Å². The molecule has 0 bridgehead atoms. The van der Waals surface area contributed by atoms with Crippen molar-refractivity contribution in [3.63, 3.8) is 0 Å². The number of carbonyl (C=O) groups is 1. The molecule has 1 aliphatic carbocycles. The van der Waals surface area contributed by atoms with Crippen molar-refractivity contribution < 1.29 is 9.90 Å². The summed E-state index contributed by atoms with van der Waals surface area (Å²) in [5, 5.41) is 10.9. The normalized spacial score (nSPS) is 21.0. The van der Waals surface area contributed by atoms with Crippen LogP contribution in [0.15, 0.2) is 30.3 Å². The Kier molecular flexibility index (Phi) is 6.44. The van der Waals surface area contributed by atoms with Gasteiger partial charge in [0.2, 0.25) is 0 Å². The van der Waals surface area contributed by atoms with Crippen LogP contribution in [0.3, 0.4) is 0 Å². The molecular weight excluding hydrogens is 260 g/mol. The third-order valence-electron chi connectivity index (χ3n) is 4.64. The van der Waals surface area contributed by atoms with Gasteiger partial charge in [-0.2, -0.15) is 0 Å². The highest BCUT2D eigenvalue weighted by molar-refractivity contribution is 6.02. The van der Waals surface area contributed by atoms with E-state index >= 15 is 0 Å². The molecule has 1 aromatic carbocycles. The summed E-state index contributed by atoms with van der Waals surface area (Å²) in [6.07, 6.45) is 11.8. The summed E-state index contributed by atoms with van der Waals surface area (Å²) in [5.74, 6) is -0.0832. The number of ketones is 1. The Hall–Kier alpha value is -1.15. The summed E-state index contributed by atoms with van der Waals surface area (Å²) in [7, 11) is 0. The largest absolute Gasteiger partial charge is 0.382 e. The zero-order valence-corrected chi connectivity index (χ0v) is 13.0. The molecule has 1 aromatic rings. The fourth-order valence-electron chi connectivity index (χ4n) is 3.28. The first-order valence-electron chi connectivity index (χ1n) is 8.55. The van der Waals surface area contributed by atoms with Crippen molar-refractivity contribution in [2.75, 3.05) is 0 Å². The first kappa shape index (κ1) is 16.2. The second kappa shape index (κ2) is 8.33. The Morgan fingerprint density at radius 1 is 0.762 bits per heavy atom. The van der Waals surface area contributed by atoms with Gasteiger partial charge in [0.25, 0.3) is 0 Å². The van der Waals surface area contributed by atoms with Gasteiger partial charge in [0.15, 0.2) is 5.78 Å². The molecule has 1 N–H and O–H groups in total. The van der Waals surface area contributed by atoms with Crippen LogP contribution in [-0.2, 0) is 0 Å². The molecule has 2 nitrogen and oxygen atoms in total. The lowest BCUT2D eigenvalue weighted by Gasteiger charge is -2.27. The Morgan fingerprint density at radius 3 is 1.67 bits per heavy atom. The predicted molar refractivity (Wildman–Crippen MR) is 86.5 cm³/mol. The molecule has 0 radical (unpaired) electrons. The molecule has 21 heavy (non-hydrogen) atoms. The van der Waals surface area contributed by atoms with Gasteiger partial charge in [-0.25, -0.2) is 0 Å². The molecule has 2 rings (SSSR count). The second-order valence-electron chi connectivity index (χ2n) is 6.41. The molecule has 0 heterocycles. The molecule has 0 amide bonds. The van der Waals surface area contributed by atoms with E-state index in [0.717, 1.165) is 25.7 Å². The van der Waals surface area contributed by atoms with Gasteiger partial charge in [-0.15, -0.1) is 0 Å². The topological polar surface area (TPSA) is 37.3 Å². The van der Waals surface area contributed by atoms with Crippen molar-refractivity contribution in [1.82, 2.24) is 0 Å². The van der Waals surface area contributed by atoms with Crippen molar-refractivity contribution in [3.05, 3.63) is 35.9 Å². The number of aliphatic hydroxyl groups is 1. The lowest BCUT2D eigenvalue weighted by molar-refractivity contribution is 0.0196. The Balaban J connectivity index is 2.05. The van der Waals surface area contributed by atoms with Crippen LogP contribution >= 0.6 is 0 Å². The van der Waals surface area contributed by atoms with Gasteiger partial charge in [0.1, 0.15) is 5.60 Å². The highest BCUT2D eigenvalue weighted by Crippen LogP contribution is 2.28. The summed E-state index contributed by atoms with van der Waals surface area (Å²) in [4.78, 5) is 12.7. The highest BCUT2D eigenvalue weighted by atomic mass is 16.3. The summed E-state index contributed by atoms with van der Waals surface area (Å²) in [6.45, 7) is 0. The van der Waals surface area contributed by atoms with Crippen LogP contribution in [0.5, 0.6) is 0 Å². The van der Waals surface area contributed by atoms with E-state index in [1.54, 1.807) is 0 Å². The molecule has 0 atom stereocenters. The fraction of sp³-hybridized carbons (Fsp3) is 0.632. The number of hydrogen-bond donors (Lipinski definition) is 1. The standard InChI is InChI=1S/C19H28O2/c20-18(17-13-9-8-10-14-17)19(21)15-11-6-4-2-1-3-5-7-12-16-19/h8-10,13-14,21H,1-7,11-12,15-16H2.